The Morgan fingerprint density at radius 2 is 1.74 bits per heavy atom. The van der Waals surface area contributed by atoms with Gasteiger partial charge in [-0.25, -0.2) is 0 Å². The van der Waals surface area contributed by atoms with Gasteiger partial charge in [0, 0.05) is 12.0 Å². The van der Waals surface area contributed by atoms with E-state index in [4.69, 9.17) is 0 Å². The van der Waals surface area contributed by atoms with E-state index < -0.39 is 23.7 Å². The third-order valence-corrected chi connectivity index (χ3v) is 5.11. The predicted octanol–water partition coefficient (Wildman–Crippen LogP) is 5.26. The number of benzene rings is 2. The molecule has 0 aliphatic carbocycles. The van der Waals surface area contributed by atoms with Crippen LogP contribution in [0.3, 0.4) is 0 Å². The van der Waals surface area contributed by atoms with Crippen LogP contribution in [0.15, 0.2) is 36.4 Å². The van der Waals surface area contributed by atoms with Gasteiger partial charge in [0.15, 0.2) is 6.04 Å². The van der Waals surface area contributed by atoms with Crippen molar-refractivity contribution in [1.29, 1.82) is 0 Å². The number of fused-ring (bicyclic) bond motifs is 1. The van der Waals surface area contributed by atoms with Crippen molar-refractivity contribution in [3.05, 3.63) is 47.5 Å². The fourth-order valence-electron chi connectivity index (χ4n) is 3.68. The van der Waals surface area contributed by atoms with Crippen molar-refractivity contribution in [3.8, 4) is 0 Å². The molecule has 2 aromatic carbocycles. The van der Waals surface area contributed by atoms with Crippen LogP contribution in [-0.2, 0) is 10.2 Å². The average molecular weight is 378 g/mol. The van der Waals surface area contributed by atoms with Crippen molar-refractivity contribution in [2.24, 2.45) is 0 Å². The van der Waals surface area contributed by atoms with Crippen LogP contribution in [0.25, 0.3) is 10.8 Å². The first-order valence-electron chi connectivity index (χ1n) is 8.99. The Morgan fingerprint density at radius 1 is 1.11 bits per heavy atom. The van der Waals surface area contributed by atoms with Gasteiger partial charge >= 0.3 is 6.18 Å². The third-order valence-electron chi connectivity index (χ3n) is 5.11. The highest BCUT2D eigenvalue weighted by Gasteiger charge is 2.53. The molecule has 1 saturated heterocycles. The standard InChI is InChI=1S/C21H25F3N2O/c1-19(2,3)14-10-13-8-6-7-9-15(13)16(11-14)18(21(22,23)24)26-20(4,5)12-17(27)25-26/h6-11,18H,12H2,1-5H3,(H,25,27)/t18-/m0/s1. The summed E-state index contributed by atoms with van der Waals surface area (Å²) in [7, 11) is 0. The molecular formula is C21H25F3N2O. The fourth-order valence-corrected chi connectivity index (χ4v) is 3.68. The Labute approximate surface area is 157 Å². The van der Waals surface area contributed by atoms with Gasteiger partial charge in [0.2, 0.25) is 5.91 Å². The molecule has 0 aromatic heterocycles. The first-order valence-corrected chi connectivity index (χ1v) is 8.99. The van der Waals surface area contributed by atoms with Gasteiger partial charge in [-0.05, 0) is 41.2 Å². The number of nitrogens with one attached hydrogen (secondary N) is 1. The Bertz CT molecular complexity index is 881. The average Bonchev–Trinajstić information content (AvgIpc) is 2.77. The topological polar surface area (TPSA) is 32.3 Å². The van der Waals surface area contributed by atoms with Gasteiger partial charge in [-0.1, -0.05) is 57.2 Å². The van der Waals surface area contributed by atoms with E-state index in [1.54, 1.807) is 32.0 Å². The van der Waals surface area contributed by atoms with Crippen molar-refractivity contribution in [2.75, 3.05) is 0 Å². The summed E-state index contributed by atoms with van der Waals surface area (Å²) in [5.74, 6) is -0.398. The highest BCUT2D eigenvalue weighted by molar-refractivity contribution is 5.87. The molecule has 6 heteroatoms. The van der Waals surface area contributed by atoms with Crippen molar-refractivity contribution >= 4 is 16.7 Å². The van der Waals surface area contributed by atoms with Crippen molar-refractivity contribution in [2.45, 2.75) is 64.2 Å². The Balaban J connectivity index is 2.30. The first kappa shape index (κ1) is 19.7. The van der Waals surface area contributed by atoms with E-state index in [2.05, 4.69) is 5.43 Å². The lowest BCUT2D eigenvalue weighted by Gasteiger charge is -2.38. The quantitative estimate of drug-likeness (QED) is 0.773. The van der Waals surface area contributed by atoms with Crippen molar-refractivity contribution in [1.82, 2.24) is 10.4 Å². The molecule has 146 valence electrons. The minimum atomic E-state index is -4.55. The summed E-state index contributed by atoms with van der Waals surface area (Å²) >= 11 is 0. The van der Waals surface area contributed by atoms with Crippen molar-refractivity contribution < 1.29 is 18.0 Å². The number of carbonyl (C=O) groups excluding carboxylic acids is 1. The van der Waals surface area contributed by atoms with Crippen LogP contribution in [0.4, 0.5) is 13.2 Å². The van der Waals surface area contributed by atoms with E-state index in [9.17, 15) is 18.0 Å². The SMILES string of the molecule is CC(C)(C)c1cc([C@H](N2NC(=O)CC2(C)C)C(F)(F)F)c2ccccc2c1. The number of hydrogen-bond donors (Lipinski definition) is 1. The Morgan fingerprint density at radius 3 is 2.26 bits per heavy atom. The van der Waals surface area contributed by atoms with E-state index in [0.29, 0.717) is 5.39 Å². The molecule has 0 spiro atoms. The molecule has 0 bridgehead atoms. The molecule has 1 aliphatic rings. The van der Waals surface area contributed by atoms with Gasteiger partial charge in [-0.15, -0.1) is 0 Å². The number of carbonyl (C=O) groups is 1. The monoisotopic (exact) mass is 378 g/mol. The van der Waals surface area contributed by atoms with Gasteiger partial charge in [-0.2, -0.15) is 18.2 Å². The Kier molecular flexibility index (Phi) is 4.54. The number of nitrogens with zero attached hydrogens (tertiary/aromatic N) is 1. The molecule has 1 aliphatic heterocycles. The van der Waals surface area contributed by atoms with Crippen LogP contribution in [0.5, 0.6) is 0 Å². The molecule has 0 unspecified atom stereocenters. The molecule has 1 atom stereocenters. The maximum atomic E-state index is 14.3. The Hall–Kier alpha value is -2.08. The normalized spacial score (nSPS) is 19.3. The van der Waals surface area contributed by atoms with Crippen LogP contribution in [0.2, 0.25) is 0 Å². The predicted molar refractivity (Wildman–Crippen MR) is 100 cm³/mol. The van der Waals surface area contributed by atoms with E-state index in [1.165, 1.54) is 0 Å². The summed E-state index contributed by atoms with van der Waals surface area (Å²) in [5.41, 5.74) is 2.19. The first-order chi connectivity index (χ1) is 12.3. The smallest absolute Gasteiger partial charge is 0.287 e. The van der Waals surface area contributed by atoms with Crippen LogP contribution in [0, 0.1) is 0 Å². The van der Waals surface area contributed by atoms with Gasteiger partial charge in [0.05, 0.1) is 0 Å². The maximum Gasteiger partial charge on any atom is 0.409 e. The molecule has 1 heterocycles. The number of alkyl halides is 3. The molecule has 1 amide bonds. The fraction of sp³-hybridized carbons (Fsp3) is 0.476. The zero-order chi connectivity index (χ0) is 20.2. The van der Waals surface area contributed by atoms with Crippen LogP contribution in [0.1, 0.15) is 58.2 Å². The van der Waals surface area contributed by atoms with Gasteiger partial charge in [0.25, 0.3) is 0 Å². The summed E-state index contributed by atoms with van der Waals surface area (Å²) < 4.78 is 42.9. The van der Waals surface area contributed by atoms with Gasteiger partial charge < -0.3 is 0 Å². The largest absolute Gasteiger partial charge is 0.409 e. The lowest BCUT2D eigenvalue weighted by Crippen LogP contribution is -2.51. The molecule has 0 saturated carbocycles. The number of amides is 1. The number of hydrogen-bond acceptors (Lipinski definition) is 2. The summed E-state index contributed by atoms with van der Waals surface area (Å²) in [6.07, 6.45) is -4.52. The lowest BCUT2D eigenvalue weighted by molar-refractivity contribution is -0.203. The minimum absolute atomic E-state index is 0.0243. The second kappa shape index (κ2) is 6.23. The summed E-state index contributed by atoms with van der Waals surface area (Å²) in [6.45, 7) is 9.24. The summed E-state index contributed by atoms with van der Waals surface area (Å²) in [6, 6.07) is 8.76. The molecule has 2 aromatic rings. The minimum Gasteiger partial charge on any atom is -0.287 e. The van der Waals surface area contributed by atoms with E-state index in [1.807, 2.05) is 39.0 Å². The van der Waals surface area contributed by atoms with Gasteiger partial charge in [0.1, 0.15) is 0 Å². The number of hydrazine groups is 1. The zero-order valence-electron chi connectivity index (χ0n) is 16.2. The van der Waals surface area contributed by atoms with E-state index in [0.717, 1.165) is 16.0 Å². The second-order valence-electron chi connectivity index (χ2n) is 8.87. The van der Waals surface area contributed by atoms with Gasteiger partial charge in [-0.3, -0.25) is 10.2 Å². The third kappa shape index (κ3) is 3.68. The van der Waals surface area contributed by atoms with E-state index in [-0.39, 0.29) is 17.4 Å². The van der Waals surface area contributed by atoms with Crippen LogP contribution < -0.4 is 5.43 Å². The molecule has 0 radical (unpaired) electrons. The number of rotatable bonds is 2. The van der Waals surface area contributed by atoms with E-state index >= 15 is 0 Å². The van der Waals surface area contributed by atoms with Crippen molar-refractivity contribution in [3.63, 3.8) is 0 Å². The number of halogens is 3. The zero-order valence-corrected chi connectivity index (χ0v) is 16.2. The summed E-state index contributed by atoms with van der Waals surface area (Å²) in [4.78, 5) is 11.9. The second-order valence-corrected chi connectivity index (χ2v) is 8.87. The molecule has 1 fully saturated rings. The molecule has 1 N–H and O–H groups in total. The van der Waals surface area contributed by atoms with Crippen LogP contribution >= 0.6 is 0 Å². The maximum absolute atomic E-state index is 14.3. The molecule has 3 rings (SSSR count). The highest BCUT2D eigenvalue weighted by Crippen LogP contribution is 2.45. The summed E-state index contributed by atoms with van der Waals surface area (Å²) in [5, 5.41) is 2.38. The molecule has 27 heavy (non-hydrogen) atoms. The molecular weight excluding hydrogens is 353 g/mol. The highest BCUT2D eigenvalue weighted by atomic mass is 19.4. The molecule has 3 nitrogen and oxygen atoms in total. The van der Waals surface area contributed by atoms with Crippen LogP contribution in [-0.4, -0.2) is 22.6 Å². The lowest BCUT2D eigenvalue weighted by atomic mass is 9.82.